The van der Waals surface area contributed by atoms with Crippen LogP contribution in [-0.4, -0.2) is 89.6 Å². The summed E-state index contributed by atoms with van der Waals surface area (Å²) in [6.07, 6.45) is 2.87. The minimum atomic E-state index is -3.84. The number of hydrogen-bond acceptors (Lipinski definition) is 7. The molecule has 0 aromatic heterocycles. The van der Waals surface area contributed by atoms with E-state index >= 15 is 0 Å². The molecule has 12 heteroatoms. The first-order chi connectivity index (χ1) is 13.1. The molecule has 6 N–H and O–H groups in total. The van der Waals surface area contributed by atoms with Crippen LogP contribution in [0.25, 0.3) is 0 Å². The number of nitrogens with two attached hydrogens (primary N) is 1. The Morgan fingerprint density at radius 3 is 2.54 bits per heavy atom. The number of carboxylic acids is 1. The minimum Gasteiger partial charge on any atom is -0.480 e. The summed E-state index contributed by atoms with van der Waals surface area (Å²) in [6.45, 7) is 3.56. The summed E-state index contributed by atoms with van der Waals surface area (Å²) in [4.78, 5) is 11.8. The van der Waals surface area contributed by atoms with Crippen LogP contribution in [0.5, 0.6) is 0 Å². The maximum atomic E-state index is 13.4. The fraction of sp³-hybridized carbons (Fsp3) is 0.938. The van der Waals surface area contributed by atoms with E-state index in [1.807, 2.05) is 6.92 Å². The normalized spacial score (nSPS) is 27.4. The monoisotopic (exact) mass is 420 g/mol. The second kappa shape index (κ2) is 9.83. The molecule has 0 radical (unpaired) electrons. The van der Waals surface area contributed by atoms with E-state index in [1.165, 1.54) is 8.61 Å². The highest BCUT2D eigenvalue weighted by Gasteiger charge is 2.53. The third-order valence-corrected chi connectivity index (χ3v) is 7.79. The average Bonchev–Trinajstić information content (AvgIpc) is 2.99. The van der Waals surface area contributed by atoms with Gasteiger partial charge in [-0.25, -0.2) is 0 Å². The topological polar surface area (TPSA) is 156 Å². The van der Waals surface area contributed by atoms with Gasteiger partial charge in [0.1, 0.15) is 5.54 Å². The van der Waals surface area contributed by atoms with Gasteiger partial charge in [-0.2, -0.15) is 17.0 Å². The van der Waals surface area contributed by atoms with Gasteiger partial charge in [-0.05, 0) is 45.1 Å². The summed E-state index contributed by atoms with van der Waals surface area (Å²) in [5, 5.41) is 30.9. The molecule has 2 fully saturated rings. The molecular weight excluding hydrogens is 387 g/mol. The van der Waals surface area contributed by atoms with E-state index in [0.29, 0.717) is 25.8 Å². The van der Waals surface area contributed by atoms with Crippen molar-refractivity contribution >= 4 is 23.3 Å². The van der Waals surface area contributed by atoms with Crippen molar-refractivity contribution in [3.8, 4) is 0 Å². The van der Waals surface area contributed by atoms with E-state index in [1.54, 1.807) is 0 Å². The van der Waals surface area contributed by atoms with Gasteiger partial charge < -0.3 is 26.2 Å². The van der Waals surface area contributed by atoms with Gasteiger partial charge in [0, 0.05) is 31.6 Å². The van der Waals surface area contributed by atoms with Gasteiger partial charge in [-0.1, -0.05) is 13.3 Å². The van der Waals surface area contributed by atoms with Crippen molar-refractivity contribution in [2.75, 3.05) is 32.7 Å². The van der Waals surface area contributed by atoms with Crippen LogP contribution in [0, 0.1) is 5.92 Å². The van der Waals surface area contributed by atoms with Gasteiger partial charge in [-0.15, -0.1) is 0 Å². The third-order valence-electron chi connectivity index (χ3n) is 5.79. The maximum Gasteiger partial charge on any atom is 0.451 e. The molecule has 2 rings (SSSR count). The van der Waals surface area contributed by atoms with Gasteiger partial charge in [0.2, 0.25) is 0 Å². The van der Waals surface area contributed by atoms with Crippen LogP contribution >= 0.6 is 0 Å². The molecule has 0 amide bonds. The van der Waals surface area contributed by atoms with E-state index in [4.69, 9.17) is 15.8 Å². The van der Waals surface area contributed by atoms with Gasteiger partial charge in [-0.3, -0.25) is 4.79 Å². The van der Waals surface area contributed by atoms with Crippen molar-refractivity contribution in [3.63, 3.8) is 0 Å². The Morgan fingerprint density at radius 1 is 1.36 bits per heavy atom. The number of rotatable bonds is 10. The van der Waals surface area contributed by atoms with Gasteiger partial charge in [0.15, 0.2) is 0 Å². The molecule has 2 saturated heterocycles. The van der Waals surface area contributed by atoms with E-state index in [-0.39, 0.29) is 25.5 Å². The third kappa shape index (κ3) is 5.23. The average molecular weight is 420 g/mol. The highest BCUT2D eigenvalue weighted by atomic mass is 32.2. The minimum absolute atomic E-state index is 0.0256. The first-order valence-electron chi connectivity index (χ1n) is 9.99. The molecule has 0 unspecified atom stereocenters. The van der Waals surface area contributed by atoms with Crippen LogP contribution in [0.1, 0.15) is 39.0 Å². The zero-order valence-corrected chi connectivity index (χ0v) is 17.3. The molecule has 28 heavy (non-hydrogen) atoms. The molecule has 2 heterocycles. The Bertz CT molecular complexity index is 631. The molecule has 2 atom stereocenters. The standard InChI is InChI=1S/C16H33BN4O6S/c1-2-10-21(14-5-8-19-9-6-14)28(26,27)20-11-13(4-3-7-17(24)25)16(18,12-20)15(22)23/h13-14,19,24-25H,2-12,18H2,1H3,(H,22,23)/t13-,16-/m0/s1. The number of aliphatic carboxylic acids is 1. The van der Waals surface area contributed by atoms with Crippen LogP contribution in [0.4, 0.5) is 0 Å². The number of carbonyl (C=O) groups is 1. The van der Waals surface area contributed by atoms with Crippen molar-refractivity contribution < 1.29 is 28.4 Å². The van der Waals surface area contributed by atoms with Crippen molar-refractivity contribution in [1.29, 1.82) is 0 Å². The summed E-state index contributed by atoms with van der Waals surface area (Å²) in [5.74, 6) is -1.82. The quantitative estimate of drug-likeness (QED) is 0.272. The first-order valence-corrected chi connectivity index (χ1v) is 11.4. The lowest BCUT2D eigenvalue weighted by atomic mass is 9.78. The highest BCUT2D eigenvalue weighted by Crippen LogP contribution is 2.34. The predicted octanol–water partition coefficient (Wildman–Crippen LogP) is -1.34. The second-order valence-electron chi connectivity index (χ2n) is 7.85. The van der Waals surface area contributed by atoms with Crippen LogP contribution in [0.3, 0.4) is 0 Å². The van der Waals surface area contributed by atoms with Crippen LogP contribution in [-0.2, 0) is 15.0 Å². The number of hydrogen-bond donors (Lipinski definition) is 5. The highest BCUT2D eigenvalue weighted by molar-refractivity contribution is 7.86. The lowest BCUT2D eigenvalue weighted by molar-refractivity contribution is -0.144. The lowest BCUT2D eigenvalue weighted by Crippen LogP contribution is -2.56. The maximum absolute atomic E-state index is 13.4. The van der Waals surface area contributed by atoms with E-state index < -0.39 is 34.8 Å². The summed E-state index contributed by atoms with van der Waals surface area (Å²) in [5.41, 5.74) is 4.46. The largest absolute Gasteiger partial charge is 0.480 e. The van der Waals surface area contributed by atoms with Crippen molar-refractivity contribution in [3.05, 3.63) is 0 Å². The molecule has 0 aromatic carbocycles. The molecule has 2 aliphatic rings. The van der Waals surface area contributed by atoms with Crippen molar-refractivity contribution in [1.82, 2.24) is 13.9 Å². The van der Waals surface area contributed by atoms with E-state index in [0.717, 1.165) is 25.9 Å². The number of piperidine rings is 1. The Morgan fingerprint density at radius 2 is 2.00 bits per heavy atom. The fourth-order valence-corrected chi connectivity index (χ4v) is 6.20. The summed E-state index contributed by atoms with van der Waals surface area (Å²) < 4.78 is 29.4. The smallest absolute Gasteiger partial charge is 0.451 e. The number of carboxylic acid groups (broad SMARTS) is 1. The zero-order chi connectivity index (χ0) is 20.9. The van der Waals surface area contributed by atoms with Crippen LogP contribution in [0.15, 0.2) is 0 Å². The SMILES string of the molecule is CCCN(C1CCNCC1)S(=O)(=O)N1C[C@H](CCCB(O)O)[C@](N)(C(=O)O)C1. The molecule has 0 bridgehead atoms. The molecule has 0 saturated carbocycles. The predicted molar refractivity (Wildman–Crippen MR) is 106 cm³/mol. The Balaban J connectivity index is 2.19. The van der Waals surface area contributed by atoms with Crippen LogP contribution < -0.4 is 11.1 Å². The summed E-state index contributed by atoms with van der Waals surface area (Å²) >= 11 is 0. The Kier molecular flexibility index (Phi) is 8.26. The molecule has 10 nitrogen and oxygen atoms in total. The number of nitrogens with one attached hydrogen (secondary N) is 1. The zero-order valence-electron chi connectivity index (χ0n) is 16.5. The van der Waals surface area contributed by atoms with E-state index in [2.05, 4.69) is 5.32 Å². The Labute approximate surface area is 167 Å². The summed E-state index contributed by atoms with van der Waals surface area (Å²) in [6, 6.07) is -0.105. The molecule has 162 valence electrons. The van der Waals surface area contributed by atoms with Crippen molar-refractivity contribution in [2.45, 2.75) is 56.9 Å². The van der Waals surface area contributed by atoms with Gasteiger partial charge in [0.05, 0.1) is 0 Å². The van der Waals surface area contributed by atoms with Crippen molar-refractivity contribution in [2.24, 2.45) is 11.7 Å². The van der Waals surface area contributed by atoms with Crippen LogP contribution in [0.2, 0.25) is 6.32 Å². The molecule has 0 aliphatic carbocycles. The number of nitrogens with zero attached hydrogens (tertiary/aromatic N) is 2. The molecular formula is C16H33BN4O6S. The van der Waals surface area contributed by atoms with Gasteiger partial charge in [0.25, 0.3) is 10.2 Å². The lowest BCUT2D eigenvalue weighted by Gasteiger charge is -2.36. The molecule has 2 aliphatic heterocycles. The fourth-order valence-electron chi connectivity index (χ4n) is 4.16. The van der Waals surface area contributed by atoms with E-state index in [9.17, 15) is 18.3 Å². The Hall–Kier alpha value is -0.755. The summed E-state index contributed by atoms with van der Waals surface area (Å²) in [7, 11) is -5.32. The van der Waals surface area contributed by atoms with Gasteiger partial charge >= 0.3 is 13.1 Å². The molecule has 0 aromatic rings. The first kappa shape index (κ1) is 23.5. The second-order valence-corrected chi connectivity index (χ2v) is 9.73. The molecule has 0 spiro atoms.